The summed E-state index contributed by atoms with van der Waals surface area (Å²) in [5.74, 6) is 0.971. The number of rotatable bonds is 4. The van der Waals surface area contributed by atoms with Crippen molar-refractivity contribution < 1.29 is 5.11 Å². The molecular weight excluding hydrogens is 236 g/mol. The normalized spacial score (nSPS) is 12.7. The van der Waals surface area contributed by atoms with Crippen LogP contribution in [-0.2, 0) is 0 Å². The van der Waals surface area contributed by atoms with Crippen molar-refractivity contribution in [1.29, 1.82) is 0 Å². The van der Waals surface area contributed by atoms with Crippen LogP contribution in [0.4, 0.5) is 0 Å². The molecule has 2 aromatic rings. The molecule has 2 rings (SSSR count). The Balaban J connectivity index is 2.43. The van der Waals surface area contributed by atoms with Gasteiger partial charge in [-0.1, -0.05) is 24.6 Å². The molecule has 0 aliphatic rings. The Morgan fingerprint density at radius 1 is 1.21 bits per heavy atom. The largest absolute Gasteiger partial charge is 0.396 e. The first kappa shape index (κ1) is 13.8. The number of imidazole rings is 1. The zero-order valence-electron chi connectivity index (χ0n) is 12.1. The predicted octanol–water partition coefficient (Wildman–Crippen LogP) is 3.49. The van der Waals surface area contributed by atoms with Gasteiger partial charge < -0.3 is 10.1 Å². The second-order valence-electron chi connectivity index (χ2n) is 5.24. The highest BCUT2D eigenvalue weighted by Gasteiger charge is 2.14. The van der Waals surface area contributed by atoms with Gasteiger partial charge in [0.2, 0.25) is 0 Å². The van der Waals surface area contributed by atoms with Crippen LogP contribution in [0.5, 0.6) is 0 Å². The number of H-pyrrole nitrogens is 1. The highest BCUT2D eigenvalue weighted by atomic mass is 16.3. The first-order valence-electron chi connectivity index (χ1n) is 6.80. The Hall–Kier alpha value is -1.61. The molecule has 0 saturated heterocycles. The van der Waals surface area contributed by atoms with E-state index < -0.39 is 0 Å². The van der Waals surface area contributed by atoms with Crippen LogP contribution < -0.4 is 0 Å². The molecule has 3 nitrogen and oxygen atoms in total. The highest BCUT2D eigenvalue weighted by Crippen LogP contribution is 2.28. The minimum absolute atomic E-state index is 0.0970. The van der Waals surface area contributed by atoms with E-state index in [9.17, 15) is 5.11 Å². The number of nitrogens with one attached hydrogen (secondary N) is 1. The first-order valence-corrected chi connectivity index (χ1v) is 6.80. The van der Waals surface area contributed by atoms with Crippen molar-refractivity contribution in [2.45, 2.75) is 40.0 Å². The van der Waals surface area contributed by atoms with Gasteiger partial charge in [-0.25, -0.2) is 4.98 Å². The van der Waals surface area contributed by atoms with Crippen molar-refractivity contribution in [3.05, 3.63) is 40.8 Å². The number of aliphatic hydroxyl groups is 1. The van der Waals surface area contributed by atoms with E-state index in [1.165, 1.54) is 22.3 Å². The molecule has 0 spiro atoms. The molecule has 1 unspecified atom stereocenters. The first-order chi connectivity index (χ1) is 9.06. The van der Waals surface area contributed by atoms with Crippen LogP contribution in [0.3, 0.4) is 0 Å². The monoisotopic (exact) mass is 258 g/mol. The molecule has 3 heteroatoms. The van der Waals surface area contributed by atoms with Crippen molar-refractivity contribution in [1.82, 2.24) is 9.97 Å². The standard InChI is InChI=1S/C16H22N2O/c1-5-13(9-19)16-17-8-14(18-16)15-11(3)6-10(2)7-12(15)4/h6-8,13,19H,5,9H2,1-4H3,(H,17,18). The molecule has 0 radical (unpaired) electrons. The zero-order valence-corrected chi connectivity index (χ0v) is 12.1. The van der Waals surface area contributed by atoms with Gasteiger partial charge in [0.1, 0.15) is 5.82 Å². The second-order valence-corrected chi connectivity index (χ2v) is 5.24. The number of aromatic amines is 1. The lowest BCUT2D eigenvalue weighted by atomic mass is 9.98. The van der Waals surface area contributed by atoms with Crippen LogP contribution in [0.2, 0.25) is 0 Å². The fourth-order valence-corrected chi connectivity index (χ4v) is 2.68. The van der Waals surface area contributed by atoms with Crippen molar-refractivity contribution >= 4 is 0 Å². The number of benzene rings is 1. The van der Waals surface area contributed by atoms with Gasteiger partial charge in [0.15, 0.2) is 0 Å². The van der Waals surface area contributed by atoms with Crippen LogP contribution in [0.25, 0.3) is 11.3 Å². The summed E-state index contributed by atoms with van der Waals surface area (Å²) in [7, 11) is 0. The van der Waals surface area contributed by atoms with Gasteiger partial charge >= 0.3 is 0 Å². The van der Waals surface area contributed by atoms with Gasteiger partial charge in [-0.05, 0) is 38.3 Å². The molecule has 0 amide bonds. The molecule has 1 aromatic heterocycles. The third-order valence-electron chi connectivity index (χ3n) is 3.64. The van der Waals surface area contributed by atoms with Crippen LogP contribution in [-0.4, -0.2) is 21.7 Å². The fraction of sp³-hybridized carbons (Fsp3) is 0.438. The third-order valence-corrected chi connectivity index (χ3v) is 3.64. The summed E-state index contributed by atoms with van der Waals surface area (Å²) >= 11 is 0. The number of aromatic nitrogens is 2. The second kappa shape index (κ2) is 5.57. The molecule has 0 saturated carbocycles. The number of hydrogen-bond donors (Lipinski definition) is 2. The summed E-state index contributed by atoms with van der Waals surface area (Å²) in [5.41, 5.74) is 6.05. The summed E-state index contributed by atoms with van der Waals surface area (Å²) in [6.07, 6.45) is 2.76. The van der Waals surface area contributed by atoms with Crippen molar-refractivity contribution in [3.8, 4) is 11.3 Å². The Kier molecular flexibility index (Phi) is 4.05. The number of hydrogen-bond acceptors (Lipinski definition) is 2. The Morgan fingerprint density at radius 3 is 2.37 bits per heavy atom. The van der Waals surface area contributed by atoms with Gasteiger partial charge in [0.05, 0.1) is 18.5 Å². The van der Waals surface area contributed by atoms with E-state index in [1.807, 2.05) is 6.20 Å². The van der Waals surface area contributed by atoms with Crippen LogP contribution in [0.15, 0.2) is 18.3 Å². The highest BCUT2D eigenvalue weighted by molar-refractivity contribution is 5.67. The minimum Gasteiger partial charge on any atom is -0.396 e. The van der Waals surface area contributed by atoms with E-state index >= 15 is 0 Å². The molecule has 2 N–H and O–H groups in total. The average Bonchev–Trinajstić information content (AvgIpc) is 2.78. The minimum atomic E-state index is 0.0970. The topological polar surface area (TPSA) is 48.9 Å². The maximum absolute atomic E-state index is 9.34. The van der Waals surface area contributed by atoms with E-state index in [2.05, 4.69) is 49.8 Å². The molecule has 1 heterocycles. The maximum Gasteiger partial charge on any atom is 0.111 e. The smallest absolute Gasteiger partial charge is 0.111 e. The fourth-order valence-electron chi connectivity index (χ4n) is 2.68. The molecule has 0 fully saturated rings. The van der Waals surface area contributed by atoms with Gasteiger partial charge in [0, 0.05) is 11.5 Å². The van der Waals surface area contributed by atoms with Crippen molar-refractivity contribution in [3.63, 3.8) is 0 Å². The molecule has 1 aromatic carbocycles. The molecule has 1 atom stereocenters. The van der Waals surface area contributed by atoms with E-state index in [0.717, 1.165) is 17.9 Å². The average molecular weight is 258 g/mol. The number of nitrogens with zero attached hydrogens (tertiary/aromatic N) is 1. The van der Waals surface area contributed by atoms with Gasteiger partial charge in [-0.3, -0.25) is 0 Å². The van der Waals surface area contributed by atoms with Crippen LogP contribution >= 0.6 is 0 Å². The molecular formula is C16H22N2O. The Morgan fingerprint density at radius 2 is 1.84 bits per heavy atom. The molecule has 102 valence electrons. The maximum atomic E-state index is 9.34. The van der Waals surface area contributed by atoms with Crippen molar-refractivity contribution in [2.75, 3.05) is 6.61 Å². The van der Waals surface area contributed by atoms with E-state index in [-0.39, 0.29) is 12.5 Å². The SMILES string of the molecule is CCC(CO)c1ncc(-c2c(C)cc(C)cc2C)[nH]1. The zero-order chi connectivity index (χ0) is 14.0. The molecule has 19 heavy (non-hydrogen) atoms. The van der Waals surface area contributed by atoms with Gasteiger partial charge in [-0.15, -0.1) is 0 Å². The Bertz CT molecular complexity index is 545. The quantitative estimate of drug-likeness (QED) is 0.882. The lowest BCUT2D eigenvalue weighted by molar-refractivity contribution is 0.258. The molecule has 0 aliphatic heterocycles. The van der Waals surface area contributed by atoms with Crippen LogP contribution in [0.1, 0.15) is 41.8 Å². The molecule has 0 bridgehead atoms. The Labute approximate surface area is 114 Å². The molecule has 0 aliphatic carbocycles. The number of aryl methyl sites for hydroxylation is 3. The summed E-state index contributed by atoms with van der Waals surface area (Å²) in [6.45, 7) is 8.56. The summed E-state index contributed by atoms with van der Waals surface area (Å²) in [5, 5.41) is 9.34. The van der Waals surface area contributed by atoms with E-state index in [0.29, 0.717) is 0 Å². The van der Waals surface area contributed by atoms with E-state index in [4.69, 9.17) is 0 Å². The summed E-state index contributed by atoms with van der Waals surface area (Å²) < 4.78 is 0. The number of aliphatic hydroxyl groups excluding tert-OH is 1. The predicted molar refractivity (Wildman–Crippen MR) is 78.4 cm³/mol. The van der Waals surface area contributed by atoms with Crippen molar-refractivity contribution in [2.24, 2.45) is 0 Å². The van der Waals surface area contributed by atoms with Crippen LogP contribution in [0, 0.1) is 20.8 Å². The lowest BCUT2D eigenvalue weighted by Crippen LogP contribution is -2.04. The van der Waals surface area contributed by atoms with E-state index in [1.54, 1.807) is 0 Å². The summed E-state index contributed by atoms with van der Waals surface area (Å²) in [4.78, 5) is 7.79. The third kappa shape index (κ3) is 2.71. The van der Waals surface area contributed by atoms with Gasteiger partial charge in [-0.2, -0.15) is 0 Å². The van der Waals surface area contributed by atoms with Gasteiger partial charge in [0.25, 0.3) is 0 Å². The summed E-state index contributed by atoms with van der Waals surface area (Å²) in [6, 6.07) is 4.37. The lowest BCUT2D eigenvalue weighted by Gasteiger charge is -2.10.